The number of hydrogen-bond donors (Lipinski definition) is 2. The quantitative estimate of drug-likeness (QED) is 0.683. The minimum absolute atomic E-state index is 0.164. The first-order chi connectivity index (χ1) is 9.15. The van der Waals surface area contributed by atoms with E-state index < -0.39 is 12.0 Å². The van der Waals surface area contributed by atoms with Gasteiger partial charge < -0.3 is 10.4 Å². The van der Waals surface area contributed by atoms with Crippen molar-refractivity contribution in [3.8, 4) is 0 Å². The van der Waals surface area contributed by atoms with Gasteiger partial charge in [-0.1, -0.05) is 50.6 Å². The summed E-state index contributed by atoms with van der Waals surface area (Å²) in [4.78, 5) is 11.1. The van der Waals surface area contributed by atoms with Gasteiger partial charge in [0.25, 0.3) is 0 Å². The first kappa shape index (κ1) is 16.1. The summed E-state index contributed by atoms with van der Waals surface area (Å²) in [5.41, 5.74) is 1.31. The molecule has 19 heavy (non-hydrogen) atoms. The average molecular weight is 281 g/mol. The van der Waals surface area contributed by atoms with E-state index in [1.165, 1.54) is 5.56 Å². The largest absolute Gasteiger partial charge is 0.480 e. The summed E-state index contributed by atoms with van der Waals surface area (Å²) in [6.45, 7) is 4.73. The van der Waals surface area contributed by atoms with Gasteiger partial charge in [0.1, 0.15) is 6.04 Å². The number of thioether (sulfide) groups is 1. The van der Waals surface area contributed by atoms with E-state index in [4.69, 9.17) is 5.11 Å². The first-order valence-corrected chi connectivity index (χ1v) is 7.88. The Morgan fingerprint density at radius 1 is 1.37 bits per heavy atom. The highest BCUT2D eigenvalue weighted by Crippen LogP contribution is 2.12. The van der Waals surface area contributed by atoms with Gasteiger partial charge in [0.05, 0.1) is 0 Å². The summed E-state index contributed by atoms with van der Waals surface area (Å²) >= 11 is 1.82. The van der Waals surface area contributed by atoms with Crippen molar-refractivity contribution < 1.29 is 9.90 Å². The van der Waals surface area contributed by atoms with Gasteiger partial charge in [0.15, 0.2) is 0 Å². The van der Waals surface area contributed by atoms with Crippen LogP contribution in [-0.4, -0.2) is 29.4 Å². The highest BCUT2D eigenvalue weighted by atomic mass is 32.2. The van der Waals surface area contributed by atoms with Crippen LogP contribution in [0.25, 0.3) is 0 Å². The molecule has 0 saturated heterocycles. The van der Waals surface area contributed by atoms with Crippen molar-refractivity contribution in [2.24, 2.45) is 5.92 Å². The van der Waals surface area contributed by atoms with Crippen molar-refractivity contribution in [2.75, 3.05) is 12.3 Å². The van der Waals surface area contributed by atoms with Gasteiger partial charge in [-0.05, 0) is 11.5 Å². The summed E-state index contributed by atoms with van der Waals surface area (Å²) < 4.78 is 0. The standard InChI is InChI=1S/C15H23NO2S/c1-3-12(2)14(15(17)18)16-9-10-19-11-13-7-5-4-6-8-13/h4-8,12,14,16H,3,9-11H2,1-2H3,(H,17,18)/t12-,14-/m0/s1. The zero-order chi connectivity index (χ0) is 14.1. The molecule has 0 heterocycles. The lowest BCUT2D eigenvalue weighted by atomic mass is 9.99. The maximum absolute atomic E-state index is 11.1. The summed E-state index contributed by atoms with van der Waals surface area (Å²) in [7, 11) is 0. The smallest absolute Gasteiger partial charge is 0.320 e. The van der Waals surface area contributed by atoms with Gasteiger partial charge in [0.2, 0.25) is 0 Å². The van der Waals surface area contributed by atoms with Crippen molar-refractivity contribution in [1.82, 2.24) is 5.32 Å². The van der Waals surface area contributed by atoms with E-state index in [-0.39, 0.29) is 5.92 Å². The number of rotatable bonds is 9. The van der Waals surface area contributed by atoms with Crippen LogP contribution < -0.4 is 5.32 Å². The number of hydrogen-bond acceptors (Lipinski definition) is 3. The zero-order valence-corrected chi connectivity index (χ0v) is 12.5. The molecule has 1 aromatic rings. The van der Waals surface area contributed by atoms with Crippen molar-refractivity contribution in [3.63, 3.8) is 0 Å². The maximum Gasteiger partial charge on any atom is 0.320 e. The van der Waals surface area contributed by atoms with Crippen LogP contribution in [0.5, 0.6) is 0 Å². The first-order valence-electron chi connectivity index (χ1n) is 6.73. The molecule has 0 bridgehead atoms. The summed E-state index contributed by atoms with van der Waals surface area (Å²) in [6, 6.07) is 9.88. The zero-order valence-electron chi connectivity index (χ0n) is 11.6. The predicted molar refractivity (Wildman–Crippen MR) is 81.5 cm³/mol. The normalized spacial score (nSPS) is 14.0. The molecule has 1 rings (SSSR count). The molecule has 0 aromatic heterocycles. The molecule has 0 aliphatic rings. The SMILES string of the molecule is CC[C@H](C)[C@H](NCCSCc1ccccc1)C(=O)O. The van der Waals surface area contributed by atoms with E-state index >= 15 is 0 Å². The Kier molecular flexibility index (Phi) is 7.60. The van der Waals surface area contributed by atoms with E-state index in [9.17, 15) is 4.79 Å². The lowest BCUT2D eigenvalue weighted by molar-refractivity contribution is -0.140. The number of aliphatic carboxylic acids is 1. The molecule has 4 heteroatoms. The molecule has 0 fully saturated rings. The molecule has 1 aromatic carbocycles. The van der Waals surface area contributed by atoms with Crippen LogP contribution >= 0.6 is 11.8 Å². The Balaban J connectivity index is 2.20. The van der Waals surface area contributed by atoms with E-state index in [0.717, 1.165) is 24.5 Å². The molecule has 0 saturated carbocycles. The number of nitrogens with one attached hydrogen (secondary N) is 1. The predicted octanol–water partition coefficient (Wildman–Crippen LogP) is 3.01. The van der Waals surface area contributed by atoms with Crippen LogP contribution in [0.2, 0.25) is 0 Å². The van der Waals surface area contributed by atoms with Crippen LogP contribution in [-0.2, 0) is 10.5 Å². The van der Waals surface area contributed by atoms with E-state index in [1.807, 2.05) is 43.8 Å². The summed E-state index contributed by atoms with van der Waals surface area (Å²) in [6.07, 6.45) is 0.876. The highest BCUT2D eigenvalue weighted by molar-refractivity contribution is 7.98. The molecule has 0 aliphatic carbocycles. The fourth-order valence-electron chi connectivity index (χ4n) is 1.82. The molecule has 0 aliphatic heterocycles. The van der Waals surface area contributed by atoms with Crippen LogP contribution in [0, 0.1) is 5.92 Å². The lowest BCUT2D eigenvalue weighted by Crippen LogP contribution is -2.42. The monoisotopic (exact) mass is 281 g/mol. The van der Waals surface area contributed by atoms with Crippen molar-refractivity contribution in [2.45, 2.75) is 32.1 Å². The molecule has 0 unspecified atom stereocenters. The number of benzene rings is 1. The van der Waals surface area contributed by atoms with Crippen molar-refractivity contribution in [1.29, 1.82) is 0 Å². The Hall–Kier alpha value is -1.00. The Bertz CT molecular complexity index is 370. The van der Waals surface area contributed by atoms with E-state index in [0.29, 0.717) is 0 Å². The molecule has 2 N–H and O–H groups in total. The minimum Gasteiger partial charge on any atom is -0.480 e. The fourth-order valence-corrected chi connectivity index (χ4v) is 2.65. The molecule has 3 nitrogen and oxygen atoms in total. The summed E-state index contributed by atoms with van der Waals surface area (Å²) in [5, 5.41) is 12.3. The molecule has 106 valence electrons. The molecular formula is C15H23NO2S. The Morgan fingerprint density at radius 3 is 2.63 bits per heavy atom. The van der Waals surface area contributed by atoms with Crippen LogP contribution in [0.3, 0.4) is 0 Å². The van der Waals surface area contributed by atoms with Gasteiger partial charge in [0, 0.05) is 18.1 Å². The lowest BCUT2D eigenvalue weighted by Gasteiger charge is -2.19. The molecule has 0 spiro atoms. The van der Waals surface area contributed by atoms with Crippen LogP contribution in [0.15, 0.2) is 30.3 Å². The van der Waals surface area contributed by atoms with Crippen molar-refractivity contribution in [3.05, 3.63) is 35.9 Å². The van der Waals surface area contributed by atoms with Gasteiger partial charge in [-0.25, -0.2) is 0 Å². The summed E-state index contributed by atoms with van der Waals surface area (Å²) in [5.74, 6) is 1.32. The molecular weight excluding hydrogens is 258 g/mol. The van der Waals surface area contributed by atoms with E-state index in [2.05, 4.69) is 17.4 Å². The second-order valence-electron chi connectivity index (χ2n) is 4.69. The Labute approximate surface area is 119 Å². The number of carboxylic acids is 1. The molecule has 0 amide bonds. The second kappa shape index (κ2) is 8.99. The maximum atomic E-state index is 11.1. The topological polar surface area (TPSA) is 49.3 Å². The third-order valence-electron chi connectivity index (χ3n) is 3.20. The van der Waals surface area contributed by atoms with Gasteiger partial charge >= 0.3 is 5.97 Å². The van der Waals surface area contributed by atoms with Gasteiger partial charge in [-0.3, -0.25) is 4.79 Å². The van der Waals surface area contributed by atoms with E-state index in [1.54, 1.807) is 0 Å². The van der Waals surface area contributed by atoms with Gasteiger partial charge in [-0.2, -0.15) is 11.8 Å². The number of carboxylic acid groups (broad SMARTS) is 1. The van der Waals surface area contributed by atoms with Crippen molar-refractivity contribution >= 4 is 17.7 Å². The minimum atomic E-state index is -0.748. The third kappa shape index (κ3) is 6.12. The molecule has 0 radical (unpaired) electrons. The number of carbonyl (C=O) groups is 1. The van der Waals surface area contributed by atoms with Crippen LogP contribution in [0.4, 0.5) is 0 Å². The Morgan fingerprint density at radius 2 is 2.05 bits per heavy atom. The van der Waals surface area contributed by atoms with Crippen LogP contribution in [0.1, 0.15) is 25.8 Å². The third-order valence-corrected chi connectivity index (χ3v) is 4.23. The average Bonchev–Trinajstić information content (AvgIpc) is 2.42. The van der Waals surface area contributed by atoms with Gasteiger partial charge in [-0.15, -0.1) is 0 Å². The second-order valence-corrected chi connectivity index (χ2v) is 5.80. The fraction of sp³-hybridized carbons (Fsp3) is 0.533. The highest BCUT2D eigenvalue weighted by Gasteiger charge is 2.22. The molecule has 2 atom stereocenters.